The minimum atomic E-state index is -0.907. The van der Waals surface area contributed by atoms with Crippen molar-refractivity contribution in [2.24, 2.45) is 0 Å². The summed E-state index contributed by atoms with van der Waals surface area (Å²) in [7, 11) is 1.65. The fourth-order valence-corrected chi connectivity index (χ4v) is 1.97. The van der Waals surface area contributed by atoms with E-state index < -0.39 is 12.0 Å². The monoisotopic (exact) mass is 251 g/mol. The molecule has 1 saturated carbocycles. The largest absolute Gasteiger partial charge is 0.480 e. The van der Waals surface area contributed by atoms with E-state index in [2.05, 4.69) is 9.97 Å². The highest BCUT2D eigenvalue weighted by Gasteiger charge is 2.28. The van der Waals surface area contributed by atoms with E-state index >= 15 is 0 Å². The Morgan fingerprint density at radius 3 is 2.83 bits per heavy atom. The molecule has 0 saturated heterocycles. The van der Waals surface area contributed by atoms with Crippen molar-refractivity contribution in [2.45, 2.75) is 38.1 Å². The van der Waals surface area contributed by atoms with Crippen molar-refractivity contribution in [1.29, 1.82) is 0 Å². The van der Waals surface area contributed by atoms with E-state index in [1.54, 1.807) is 18.9 Å². The highest BCUT2D eigenvalue weighted by Crippen LogP contribution is 2.37. The maximum atomic E-state index is 11.6. The third-order valence-electron chi connectivity index (χ3n) is 3.21. The molecule has 6 heteroatoms. The van der Waals surface area contributed by atoms with Crippen molar-refractivity contribution in [3.8, 4) is 0 Å². The number of rotatable bonds is 5. The Balaban J connectivity index is 2.31. The van der Waals surface area contributed by atoms with E-state index in [0.717, 1.165) is 12.8 Å². The quantitative estimate of drug-likeness (QED) is 0.813. The van der Waals surface area contributed by atoms with Crippen LogP contribution in [0.2, 0.25) is 0 Å². The molecule has 1 aliphatic rings. The summed E-state index contributed by atoms with van der Waals surface area (Å²) in [5, 5.41) is 9.11. The molecule has 1 aliphatic carbocycles. The number of aromatic nitrogens is 2. The number of anilines is 1. The Bertz CT molecular complexity index is 508. The third-order valence-corrected chi connectivity index (χ3v) is 3.21. The molecule has 0 bridgehead atoms. The number of aromatic amines is 1. The highest BCUT2D eigenvalue weighted by molar-refractivity contribution is 5.77. The second kappa shape index (κ2) is 4.80. The van der Waals surface area contributed by atoms with Crippen molar-refractivity contribution in [3.63, 3.8) is 0 Å². The maximum Gasteiger partial charge on any atom is 0.326 e. The summed E-state index contributed by atoms with van der Waals surface area (Å²) in [5.41, 5.74) is -0.228. The van der Waals surface area contributed by atoms with Gasteiger partial charge in [-0.25, -0.2) is 9.78 Å². The predicted octanol–water partition coefficient (Wildman–Crippen LogP) is 0.947. The number of carboxylic acid groups (broad SMARTS) is 1. The fraction of sp³-hybridized carbons (Fsp3) is 0.583. The standard InChI is InChI=1S/C12H17N3O3/c1-3-8(12(17)18)15(2)9-6-10(16)14-11(13-9)7-4-5-7/h6-8H,3-5H2,1-2H3,(H,17,18)(H,13,14,16). The Morgan fingerprint density at radius 2 is 2.33 bits per heavy atom. The van der Waals surface area contributed by atoms with Crippen molar-refractivity contribution < 1.29 is 9.90 Å². The van der Waals surface area contributed by atoms with Gasteiger partial charge >= 0.3 is 5.97 Å². The van der Waals surface area contributed by atoms with E-state index in [4.69, 9.17) is 5.11 Å². The summed E-state index contributed by atoms with van der Waals surface area (Å²) in [6, 6.07) is 0.684. The van der Waals surface area contributed by atoms with Crippen LogP contribution in [0.25, 0.3) is 0 Å². The predicted molar refractivity (Wildman–Crippen MR) is 67.0 cm³/mol. The second-order valence-corrected chi connectivity index (χ2v) is 4.64. The molecule has 1 atom stereocenters. The number of H-pyrrole nitrogens is 1. The van der Waals surface area contributed by atoms with E-state index in [9.17, 15) is 9.59 Å². The van der Waals surface area contributed by atoms with Gasteiger partial charge in [-0.1, -0.05) is 6.92 Å². The third kappa shape index (κ3) is 2.52. The van der Waals surface area contributed by atoms with E-state index in [1.165, 1.54) is 6.07 Å². The number of carbonyl (C=O) groups is 1. The van der Waals surface area contributed by atoms with Crippen molar-refractivity contribution in [2.75, 3.05) is 11.9 Å². The number of hydrogen-bond donors (Lipinski definition) is 2. The van der Waals surface area contributed by atoms with Crippen LogP contribution in [-0.4, -0.2) is 34.1 Å². The van der Waals surface area contributed by atoms with Crippen molar-refractivity contribution >= 4 is 11.8 Å². The lowest BCUT2D eigenvalue weighted by Gasteiger charge is -2.24. The van der Waals surface area contributed by atoms with Gasteiger partial charge in [0.15, 0.2) is 0 Å². The molecule has 0 spiro atoms. The lowest BCUT2D eigenvalue weighted by molar-refractivity contribution is -0.138. The average molecular weight is 251 g/mol. The second-order valence-electron chi connectivity index (χ2n) is 4.64. The van der Waals surface area contributed by atoms with Gasteiger partial charge in [-0.2, -0.15) is 0 Å². The molecule has 98 valence electrons. The van der Waals surface area contributed by atoms with Gasteiger partial charge < -0.3 is 15.0 Å². The van der Waals surface area contributed by atoms with Crippen LogP contribution in [0.3, 0.4) is 0 Å². The SMILES string of the molecule is CCC(C(=O)O)N(C)c1cc(=O)[nH]c(C2CC2)n1. The summed E-state index contributed by atoms with van der Waals surface area (Å²) in [6.45, 7) is 1.80. The van der Waals surface area contributed by atoms with Gasteiger partial charge in [0.1, 0.15) is 17.7 Å². The summed E-state index contributed by atoms with van der Waals surface area (Å²) in [4.78, 5) is 31.3. The Kier molecular flexibility index (Phi) is 3.36. The molecular weight excluding hydrogens is 234 g/mol. The smallest absolute Gasteiger partial charge is 0.326 e. The molecule has 0 aliphatic heterocycles. The molecule has 6 nitrogen and oxygen atoms in total. The first kappa shape index (κ1) is 12.6. The molecule has 0 aromatic carbocycles. The van der Waals surface area contributed by atoms with Gasteiger partial charge in [0.25, 0.3) is 5.56 Å². The van der Waals surface area contributed by atoms with Crippen LogP contribution >= 0.6 is 0 Å². The minimum Gasteiger partial charge on any atom is -0.480 e. The summed E-state index contributed by atoms with van der Waals surface area (Å²) < 4.78 is 0. The number of hydrogen-bond acceptors (Lipinski definition) is 4. The van der Waals surface area contributed by atoms with Crippen LogP contribution in [0.4, 0.5) is 5.82 Å². The molecule has 1 aromatic heterocycles. The van der Waals surface area contributed by atoms with E-state index in [-0.39, 0.29) is 5.56 Å². The van der Waals surface area contributed by atoms with Crippen LogP contribution in [-0.2, 0) is 4.79 Å². The maximum absolute atomic E-state index is 11.6. The summed E-state index contributed by atoms with van der Waals surface area (Å²) >= 11 is 0. The molecule has 0 amide bonds. The molecule has 1 unspecified atom stereocenters. The number of nitrogens with zero attached hydrogens (tertiary/aromatic N) is 2. The molecular formula is C12H17N3O3. The van der Waals surface area contributed by atoms with Crippen LogP contribution in [0.1, 0.15) is 37.9 Å². The molecule has 1 aromatic rings. The summed E-state index contributed by atoms with van der Waals surface area (Å²) in [5.74, 6) is 0.519. The number of likely N-dealkylation sites (N-methyl/N-ethyl adjacent to an activating group) is 1. The summed E-state index contributed by atoms with van der Waals surface area (Å²) in [6.07, 6.45) is 2.53. The van der Waals surface area contributed by atoms with Gasteiger partial charge in [-0.05, 0) is 19.3 Å². The lowest BCUT2D eigenvalue weighted by atomic mass is 10.2. The van der Waals surface area contributed by atoms with Gasteiger partial charge in [0, 0.05) is 19.0 Å². The Morgan fingerprint density at radius 1 is 1.67 bits per heavy atom. The molecule has 1 fully saturated rings. The Hall–Kier alpha value is -1.85. The number of nitrogens with one attached hydrogen (secondary N) is 1. The van der Waals surface area contributed by atoms with Crippen molar-refractivity contribution in [1.82, 2.24) is 9.97 Å². The van der Waals surface area contributed by atoms with E-state index in [1.807, 2.05) is 0 Å². The van der Waals surface area contributed by atoms with Crippen LogP contribution in [0.5, 0.6) is 0 Å². The normalized spacial score (nSPS) is 16.3. The first-order valence-electron chi connectivity index (χ1n) is 6.09. The Labute approximate surface area is 105 Å². The van der Waals surface area contributed by atoms with Crippen LogP contribution < -0.4 is 10.5 Å². The topological polar surface area (TPSA) is 86.3 Å². The van der Waals surface area contributed by atoms with Gasteiger partial charge in [-0.15, -0.1) is 0 Å². The van der Waals surface area contributed by atoms with Gasteiger partial charge in [-0.3, -0.25) is 4.79 Å². The van der Waals surface area contributed by atoms with Crippen molar-refractivity contribution in [3.05, 3.63) is 22.2 Å². The minimum absolute atomic E-state index is 0.228. The lowest BCUT2D eigenvalue weighted by Crippen LogP contribution is -2.39. The van der Waals surface area contributed by atoms with Gasteiger partial charge in [0.05, 0.1) is 0 Å². The van der Waals surface area contributed by atoms with Crippen LogP contribution in [0, 0.1) is 0 Å². The first-order valence-corrected chi connectivity index (χ1v) is 6.09. The first-order chi connectivity index (χ1) is 8.52. The average Bonchev–Trinajstić information content (AvgIpc) is 3.12. The van der Waals surface area contributed by atoms with Crippen LogP contribution in [0.15, 0.2) is 10.9 Å². The number of carboxylic acids is 1. The molecule has 0 radical (unpaired) electrons. The van der Waals surface area contributed by atoms with E-state index in [0.29, 0.717) is 24.0 Å². The zero-order valence-electron chi connectivity index (χ0n) is 10.5. The van der Waals surface area contributed by atoms with Gasteiger partial charge in [0.2, 0.25) is 0 Å². The molecule has 2 N–H and O–H groups in total. The molecule has 18 heavy (non-hydrogen) atoms. The molecule has 2 rings (SSSR count). The zero-order chi connectivity index (χ0) is 13.3. The number of aliphatic carboxylic acids is 1. The highest BCUT2D eigenvalue weighted by atomic mass is 16.4. The zero-order valence-corrected chi connectivity index (χ0v) is 10.5. The fourth-order valence-electron chi connectivity index (χ4n) is 1.97. The molecule has 1 heterocycles.